The van der Waals surface area contributed by atoms with E-state index in [0.717, 1.165) is 38.2 Å². The topological polar surface area (TPSA) is 65.4 Å². The first kappa shape index (κ1) is 12.6. The van der Waals surface area contributed by atoms with Crippen LogP contribution in [0.25, 0.3) is 0 Å². The molecule has 1 amide bonds. The Morgan fingerprint density at radius 1 is 1.26 bits per heavy atom. The number of ether oxygens (including phenoxy) is 2. The fourth-order valence-corrected chi connectivity index (χ4v) is 2.54. The Balaban J connectivity index is 1.59. The maximum atomic E-state index is 12.0. The molecule has 104 valence electrons. The number of hydrogen-bond donors (Lipinski definition) is 1. The summed E-state index contributed by atoms with van der Waals surface area (Å²) in [5.74, 6) is 0.00968. The smallest absolute Gasteiger partial charge is 0.229 e. The summed E-state index contributed by atoms with van der Waals surface area (Å²) in [6.07, 6.45) is 6.38. The molecule has 1 N–H and O–H groups in total. The maximum Gasteiger partial charge on any atom is 0.229 e. The van der Waals surface area contributed by atoms with Crippen molar-refractivity contribution < 1.29 is 14.3 Å². The zero-order chi connectivity index (χ0) is 13.1. The summed E-state index contributed by atoms with van der Waals surface area (Å²) in [6, 6.07) is 0.384. The molecule has 1 aromatic heterocycles. The molecule has 2 saturated heterocycles. The lowest BCUT2D eigenvalue weighted by Crippen LogP contribution is -2.22. The molecule has 6 nitrogen and oxygen atoms in total. The van der Waals surface area contributed by atoms with Gasteiger partial charge in [0.05, 0.1) is 30.5 Å². The fraction of sp³-hybridized carbons (Fsp3) is 0.692. The number of carbonyl (C=O) groups is 1. The number of rotatable bonds is 3. The van der Waals surface area contributed by atoms with Gasteiger partial charge in [-0.25, -0.2) is 0 Å². The van der Waals surface area contributed by atoms with Crippen molar-refractivity contribution in [1.29, 1.82) is 0 Å². The predicted octanol–water partition coefficient (Wildman–Crippen LogP) is 1.21. The number of hydrogen-bond acceptors (Lipinski definition) is 4. The van der Waals surface area contributed by atoms with Crippen LogP contribution in [-0.2, 0) is 14.3 Å². The second-order valence-electron chi connectivity index (χ2n) is 5.10. The molecule has 3 heterocycles. The Morgan fingerprint density at radius 2 is 2.05 bits per heavy atom. The van der Waals surface area contributed by atoms with Gasteiger partial charge in [0.2, 0.25) is 5.91 Å². The molecule has 3 rings (SSSR count). The molecule has 2 aliphatic heterocycles. The van der Waals surface area contributed by atoms with Crippen molar-refractivity contribution in [3.63, 3.8) is 0 Å². The first-order valence-electron chi connectivity index (χ1n) is 6.83. The summed E-state index contributed by atoms with van der Waals surface area (Å²) in [6.45, 7) is 2.77. The van der Waals surface area contributed by atoms with Crippen molar-refractivity contribution in [2.75, 3.05) is 31.7 Å². The minimum absolute atomic E-state index is 0.0218. The number of nitrogens with one attached hydrogen (secondary N) is 1. The first-order valence-corrected chi connectivity index (χ1v) is 6.83. The fourth-order valence-electron chi connectivity index (χ4n) is 2.54. The first-order chi connectivity index (χ1) is 9.33. The molecule has 2 fully saturated rings. The van der Waals surface area contributed by atoms with Crippen molar-refractivity contribution in [2.45, 2.75) is 25.3 Å². The van der Waals surface area contributed by atoms with Gasteiger partial charge in [0.1, 0.15) is 0 Å². The monoisotopic (exact) mass is 265 g/mol. The van der Waals surface area contributed by atoms with Crippen LogP contribution < -0.4 is 5.32 Å². The molecule has 6 heteroatoms. The average molecular weight is 265 g/mol. The van der Waals surface area contributed by atoms with E-state index in [1.165, 1.54) is 0 Å². The number of nitrogens with zero attached hydrogens (tertiary/aromatic N) is 2. The van der Waals surface area contributed by atoms with Gasteiger partial charge in [0, 0.05) is 26.0 Å². The molecule has 0 aliphatic carbocycles. The predicted molar refractivity (Wildman–Crippen MR) is 68.9 cm³/mol. The van der Waals surface area contributed by atoms with Crippen LogP contribution in [0.5, 0.6) is 0 Å². The van der Waals surface area contributed by atoms with Crippen molar-refractivity contribution >= 4 is 11.6 Å². The molecule has 1 atom stereocenters. The van der Waals surface area contributed by atoms with Gasteiger partial charge < -0.3 is 14.8 Å². The van der Waals surface area contributed by atoms with E-state index in [0.29, 0.717) is 19.3 Å². The van der Waals surface area contributed by atoms with Crippen LogP contribution in [0.3, 0.4) is 0 Å². The van der Waals surface area contributed by atoms with Crippen molar-refractivity contribution in [3.8, 4) is 0 Å². The highest BCUT2D eigenvalue weighted by molar-refractivity contribution is 5.92. The van der Waals surface area contributed by atoms with Crippen LogP contribution in [0.1, 0.15) is 25.3 Å². The Bertz CT molecular complexity index is 434. The highest BCUT2D eigenvalue weighted by Gasteiger charge is 2.24. The van der Waals surface area contributed by atoms with E-state index in [2.05, 4.69) is 10.4 Å². The van der Waals surface area contributed by atoms with E-state index in [4.69, 9.17) is 9.47 Å². The van der Waals surface area contributed by atoms with Gasteiger partial charge in [0.25, 0.3) is 0 Å². The molecular weight excluding hydrogens is 246 g/mol. The largest absolute Gasteiger partial charge is 0.381 e. The minimum Gasteiger partial charge on any atom is -0.381 e. The summed E-state index contributed by atoms with van der Waals surface area (Å²) in [5.41, 5.74) is 0.767. The van der Waals surface area contributed by atoms with E-state index in [9.17, 15) is 4.79 Å². The summed E-state index contributed by atoms with van der Waals surface area (Å²) in [4.78, 5) is 12.0. The average Bonchev–Trinajstić information content (AvgIpc) is 3.11. The maximum absolute atomic E-state index is 12.0. The molecular formula is C13H19N3O3. The van der Waals surface area contributed by atoms with Gasteiger partial charge in [-0.1, -0.05) is 0 Å². The Kier molecular flexibility index (Phi) is 3.79. The second-order valence-corrected chi connectivity index (χ2v) is 5.10. The number of carbonyl (C=O) groups excluding carboxylic acids is 1. The third-order valence-corrected chi connectivity index (χ3v) is 3.73. The Morgan fingerprint density at radius 3 is 2.79 bits per heavy atom. The van der Waals surface area contributed by atoms with Gasteiger partial charge in [-0.3, -0.25) is 9.48 Å². The van der Waals surface area contributed by atoms with Gasteiger partial charge in [-0.05, 0) is 19.3 Å². The molecule has 0 spiro atoms. The number of aromatic nitrogens is 2. The van der Waals surface area contributed by atoms with Crippen LogP contribution in [0.4, 0.5) is 5.69 Å². The molecule has 19 heavy (non-hydrogen) atoms. The SMILES string of the molecule is O=C(Nc1cnn(C2CCOCC2)c1)[C@@H]1CCOC1. The Hall–Kier alpha value is -1.40. The van der Waals surface area contributed by atoms with Crippen LogP contribution in [-0.4, -0.2) is 42.1 Å². The van der Waals surface area contributed by atoms with Crippen LogP contribution >= 0.6 is 0 Å². The minimum atomic E-state index is -0.0218. The normalized spacial score (nSPS) is 24.5. The van der Waals surface area contributed by atoms with E-state index >= 15 is 0 Å². The van der Waals surface area contributed by atoms with E-state index in [1.807, 2.05) is 10.9 Å². The number of amides is 1. The summed E-state index contributed by atoms with van der Waals surface area (Å²) < 4.78 is 12.5. The third-order valence-electron chi connectivity index (χ3n) is 3.73. The standard InChI is InChI=1S/C13H19N3O3/c17-13(10-1-4-19-9-10)15-11-7-14-16(8-11)12-2-5-18-6-3-12/h7-8,10,12H,1-6,9H2,(H,15,17)/t10-/m1/s1. The summed E-state index contributed by atoms with van der Waals surface area (Å²) >= 11 is 0. The lowest BCUT2D eigenvalue weighted by Gasteiger charge is -2.22. The zero-order valence-corrected chi connectivity index (χ0v) is 10.9. The van der Waals surface area contributed by atoms with Crippen molar-refractivity contribution in [3.05, 3.63) is 12.4 Å². The molecule has 0 saturated carbocycles. The van der Waals surface area contributed by atoms with Gasteiger partial charge in [-0.15, -0.1) is 0 Å². The highest BCUT2D eigenvalue weighted by atomic mass is 16.5. The van der Waals surface area contributed by atoms with Gasteiger partial charge in [-0.2, -0.15) is 5.10 Å². The van der Waals surface area contributed by atoms with E-state index in [1.54, 1.807) is 6.20 Å². The molecule has 0 bridgehead atoms. The van der Waals surface area contributed by atoms with Gasteiger partial charge >= 0.3 is 0 Å². The molecule has 0 radical (unpaired) electrons. The van der Waals surface area contributed by atoms with Crippen LogP contribution in [0.2, 0.25) is 0 Å². The summed E-state index contributed by atoms with van der Waals surface area (Å²) in [7, 11) is 0. The molecule has 0 unspecified atom stereocenters. The van der Waals surface area contributed by atoms with Crippen LogP contribution in [0.15, 0.2) is 12.4 Å². The second kappa shape index (κ2) is 5.71. The summed E-state index contributed by atoms with van der Waals surface area (Å²) in [5, 5.41) is 7.24. The number of anilines is 1. The lowest BCUT2D eigenvalue weighted by molar-refractivity contribution is -0.119. The van der Waals surface area contributed by atoms with Crippen LogP contribution in [0, 0.1) is 5.92 Å². The van der Waals surface area contributed by atoms with E-state index < -0.39 is 0 Å². The lowest BCUT2D eigenvalue weighted by atomic mass is 10.1. The molecule has 0 aromatic carbocycles. The third kappa shape index (κ3) is 2.96. The van der Waals surface area contributed by atoms with Crippen molar-refractivity contribution in [2.24, 2.45) is 5.92 Å². The zero-order valence-electron chi connectivity index (χ0n) is 10.9. The highest BCUT2D eigenvalue weighted by Crippen LogP contribution is 2.22. The van der Waals surface area contributed by atoms with E-state index in [-0.39, 0.29) is 11.8 Å². The molecule has 2 aliphatic rings. The quantitative estimate of drug-likeness (QED) is 0.892. The van der Waals surface area contributed by atoms with Crippen molar-refractivity contribution in [1.82, 2.24) is 9.78 Å². The molecule has 1 aromatic rings. The van der Waals surface area contributed by atoms with Gasteiger partial charge in [0.15, 0.2) is 0 Å². The Labute approximate surface area is 112 Å².